The molecule has 0 atom stereocenters. The summed E-state index contributed by atoms with van der Waals surface area (Å²) in [4.78, 5) is 10.8. The molecule has 4 nitrogen and oxygen atoms in total. The van der Waals surface area contributed by atoms with E-state index in [9.17, 15) is 4.79 Å². The van der Waals surface area contributed by atoms with Crippen LogP contribution in [0.4, 0.5) is 0 Å². The van der Waals surface area contributed by atoms with Crippen molar-refractivity contribution in [2.75, 3.05) is 0 Å². The van der Waals surface area contributed by atoms with E-state index in [2.05, 4.69) is 0 Å². The first-order valence-electron chi connectivity index (χ1n) is 5.06. The number of hydrogen-bond donors (Lipinski definition) is 3. The monoisotopic (exact) mass is 213 g/mol. The summed E-state index contributed by atoms with van der Waals surface area (Å²) in [7, 11) is 0. The minimum atomic E-state index is -0.446. The van der Waals surface area contributed by atoms with Crippen LogP contribution in [0.1, 0.15) is 40.5 Å². The van der Waals surface area contributed by atoms with Crippen molar-refractivity contribution in [2.24, 2.45) is 17.2 Å². The summed E-state index contributed by atoms with van der Waals surface area (Å²) in [5, 5.41) is 0. The Labute approximate surface area is 91.9 Å². The molecule has 0 saturated heterocycles. The molecule has 0 saturated carbocycles. The quantitative estimate of drug-likeness (QED) is 0.585. The summed E-state index contributed by atoms with van der Waals surface area (Å²) in [5.41, 5.74) is 17.1. The van der Waals surface area contributed by atoms with Crippen LogP contribution in [-0.4, -0.2) is 17.0 Å². The average molecular weight is 213 g/mol. The Morgan fingerprint density at radius 1 is 1.07 bits per heavy atom. The van der Waals surface area contributed by atoms with Crippen molar-refractivity contribution in [3.8, 4) is 0 Å². The molecule has 0 unspecified atom stereocenters. The Morgan fingerprint density at radius 2 is 1.40 bits per heavy atom. The molecule has 15 heavy (non-hydrogen) atoms. The molecule has 0 fully saturated rings. The van der Waals surface area contributed by atoms with Crippen molar-refractivity contribution in [3.63, 3.8) is 0 Å². The summed E-state index contributed by atoms with van der Waals surface area (Å²) >= 11 is 0. The number of carbonyl (C=O) groups excluding carboxylic acids is 1. The molecule has 1 amide bonds. The molecule has 0 aliphatic rings. The normalized spacial score (nSPS) is 12.4. The first kappa shape index (κ1) is 14.1. The second-order valence-corrected chi connectivity index (χ2v) is 5.54. The van der Waals surface area contributed by atoms with Crippen molar-refractivity contribution in [2.45, 2.75) is 51.6 Å². The van der Waals surface area contributed by atoms with Crippen molar-refractivity contribution < 1.29 is 4.79 Å². The van der Waals surface area contributed by atoms with Gasteiger partial charge < -0.3 is 17.2 Å². The number of amides is 1. The van der Waals surface area contributed by atoms with E-state index in [0.717, 1.165) is 5.57 Å². The van der Waals surface area contributed by atoms with Gasteiger partial charge in [0.2, 0.25) is 5.91 Å². The summed E-state index contributed by atoms with van der Waals surface area (Å²) < 4.78 is 0. The molecule has 0 aromatic heterocycles. The van der Waals surface area contributed by atoms with E-state index >= 15 is 0 Å². The third-order valence-electron chi connectivity index (χ3n) is 1.71. The lowest BCUT2D eigenvalue weighted by molar-refractivity contribution is -0.113. The molecule has 0 aliphatic carbocycles. The lowest BCUT2D eigenvalue weighted by Crippen LogP contribution is -2.36. The molecule has 0 spiro atoms. The Balaban J connectivity index is 4.69. The minimum absolute atomic E-state index is 0.355. The molecule has 0 radical (unpaired) electrons. The van der Waals surface area contributed by atoms with Gasteiger partial charge in [0.15, 0.2) is 0 Å². The van der Waals surface area contributed by atoms with Crippen molar-refractivity contribution >= 4 is 5.91 Å². The zero-order valence-corrected chi connectivity index (χ0v) is 10.1. The van der Waals surface area contributed by atoms with Crippen LogP contribution in [0.25, 0.3) is 0 Å². The number of nitrogens with two attached hydrogens (primary N) is 3. The van der Waals surface area contributed by atoms with E-state index in [1.807, 2.05) is 27.7 Å². The summed E-state index contributed by atoms with van der Waals surface area (Å²) in [6.45, 7) is 7.63. The van der Waals surface area contributed by atoms with Gasteiger partial charge in [-0.3, -0.25) is 4.79 Å². The predicted octanol–water partition coefficient (Wildman–Crippen LogP) is 0.653. The lowest BCUT2D eigenvalue weighted by atomic mass is 9.87. The molecular formula is C11H23N3O. The van der Waals surface area contributed by atoms with Crippen LogP contribution in [0, 0.1) is 0 Å². The van der Waals surface area contributed by atoms with Crippen LogP contribution in [0.3, 0.4) is 0 Å². The summed E-state index contributed by atoms with van der Waals surface area (Å²) in [6.07, 6.45) is 2.68. The lowest BCUT2D eigenvalue weighted by Gasteiger charge is -2.25. The van der Waals surface area contributed by atoms with Crippen LogP contribution in [0.5, 0.6) is 0 Å². The van der Waals surface area contributed by atoms with E-state index in [1.165, 1.54) is 6.08 Å². The topological polar surface area (TPSA) is 95.1 Å². The van der Waals surface area contributed by atoms with Gasteiger partial charge in [-0.2, -0.15) is 0 Å². The van der Waals surface area contributed by atoms with Crippen molar-refractivity contribution in [3.05, 3.63) is 11.6 Å². The third kappa shape index (κ3) is 9.43. The molecule has 6 N–H and O–H groups in total. The van der Waals surface area contributed by atoms with Gasteiger partial charge in [0.05, 0.1) is 0 Å². The molecule has 0 aromatic carbocycles. The largest absolute Gasteiger partial charge is 0.366 e. The number of primary amides is 1. The molecule has 0 bridgehead atoms. The SMILES string of the molecule is CC(C)(N)CC(=CC(N)=O)CC(C)(C)N. The first-order chi connectivity index (χ1) is 6.49. The van der Waals surface area contributed by atoms with Crippen molar-refractivity contribution in [1.29, 1.82) is 0 Å². The van der Waals surface area contributed by atoms with Gasteiger partial charge in [0.1, 0.15) is 0 Å². The van der Waals surface area contributed by atoms with Gasteiger partial charge in [-0.15, -0.1) is 0 Å². The van der Waals surface area contributed by atoms with Crippen LogP contribution in [0.15, 0.2) is 11.6 Å². The first-order valence-corrected chi connectivity index (χ1v) is 5.06. The highest BCUT2D eigenvalue weighted by Crippen LogP contribution is 2.21. The summed E-state index contributed by atoms with van der Waals surface area (Å²) in [6, 6.07) is 0. The van der Waals surface area contributed by atoms with E-state index < -0.39 is 5.91 Å². The van der Waals surface area contributed by atoms with Crippen molar-refractivity contribution in [1.82, 2.24) is 0 Å². The number of rotatable bonds is 5. The summed E-state index contributed by atoms with van der Waals surface area (Å²) in [5.74, 6) is -0.446. The zero-order chi connectivity index (χ0) is 12.3. The van der Waals surface area contributed by atoms with E-state index in [1.54, 1.807) is 0 Å². The third-order valence-corrected chi connectivity index (χ3v) is 1.71. The maximum atomic E-state index is 10.8. The van der Waals surface area contributed by atoms with Gasteiger partial charge >= 0.3 is 0 Å². The fourth-order valence-electron chi connectivity index (χ4n) is 1.54. The smallest absolute Gasteiger partial charge is 0.241 e. The van der Waals surface area contributed by atoms with Crippen LogP contribution >= 0.6 is 0 Å². The molecular weight excluding hydrogens is 190 g/mol. The number of hydrogen-bond acceptors (Lipinski definition) is 3. The van der Waals surface area contributed by atoms with E-state index in [0.29, 0.717) is 12.8 Å². The van der Waals surface area contributed by atoms with Crippen LogP contribution in [-0.2, 0) is 4.79 Å². The molecule has 88 valence electrons. The maximum absolute atomic E-state index is 10.8. The van der Waals surface area contributed by atoms with E-state index in [4.69, 9.17) is 17.2 Å². The Bertz CT molecular complexity index is 238. The minimum Gasteiger partial charge on any atom is -0.366 e. The molecule has 0 rings (SSSR count). The Hall–Kier alpha value is -0.870. The maximum Gasteiger partial charge on any atom is 0.241 e. The second-order valence-electron chi connectivity index (χ2n) is 5.54. The Kier molecular flexibility index (Phi) is 4.49. The van der Waals surface area contributed by atoms with Crippen LogP contribution in [0.2, 0.25) is 0 Å². The standard InChI is InChI=1S/C11H23N3O/c1-10(2,13)6-8(5-9(12)15)7-11(3,4)14/h5H,6-7,13-14H2,1-4H3,(H2,12,15). The predicted molar refractivity (Wildman–Crippen MR) is 63.0 cm³/mol. The van der Waals surface area contributed by atoms with E-state index in [-0.39, 0.29) is 11.1 Å². The highest BCUT2D eigenvalue weighted by Gasteiger charge is 2.19. The van der Waals surface area contributed by atoms with Gasteiger partial charge in [0, 0.05) is 17.2 Å². The molecule has 0 aromatic rings. The van der Waals surface area contributed by atoms with Gasteiger partial charge in [-0.25, -0.2) is 0 Å². The highest BCUT2D eigenvalue weighted by molar-refractivity contribution is 5.86. The van der Waals surface area contributed by atoms with Gasteiger partial charge in [-0.05, 0) is 40.5 Å². The zero-order valence-electron chi connectivity index (χ0n) is 10.1. The fraction of sp³-hybridized carbons (Fsp3) is 0.727. The average Bonchev–Trinajstić information content (AvgIpc) is 1.73. The Morgan fingerprint density at radius 3 is 1.60 bits per heavy atom. The number of carbonyl (C=O) groups is 1. The second kappa shape index (κ2) is 4.77. The fourth-order valence-corrected chi connectivity index (χ4v) is 1.54. The molecule has 4 heteroatoms. The van der Waals surface area contributed by atoms with Crippen LogP contribution < -0.4 is 17.2 Å². The molecule has 0 heterocycles. The molecule has 0 aliphatic heterocycles. The van der Waals surface area contributed by atoms with Gasteiger partial charge in [0.25, 0.3) is 0 Å². The van der Waals surface area contributed by atoms with Gasteiger partial charge in [-0.1, -0.05) is 5.57 Å². The highest BCUT2D eigenvalue weighted by atomic mass is 16.1.